The minimum atomic E-state index is -0.256. The summed E-state index contributed by atoms with van der Waals surface area (Å²) in [5, 5.41) is 6.41. The average molecular weight is 296 g/mol. The molecule has 0 aliphatic carbocycles. The Hall–Kier alpha value is -2.33. The SMILES string of the molecule is CCOC(=O)c1c(CNC)n(C)c2c1ccc1ccccc12. The topological polar surface area (TPSA) is 43.3 Å². The van der Waals surface area contributed by atoms with Gasteiger partial charge in [0.05, 0.1) is 17.7 Å². The first-order chi connectivity index (χ1) is 10.7. The van der Waals surface area contributed by atoms with E-state index in [2.05, 4.69) is 28.1 Å². The van der Waals surface area contributed by atoms with Gasteiger partial charge >= 0.3 is 5.97 Å². The molecule has 0 unspecified atom stereocenters. The second kappa shape index (κ2) is 5.81. The van der Waals surface area contributed by atoms with E-state index in [0.717, 1.165) is 22.0 Å². The van der Waals surface area contributed by atoms with E-state index in [1.165, 1.54) is 5.39 Å². The van der Waals surface area contributed by atoms with Crippen molar-refractivity contribution in [2.24, 2.45) is 7.05 Å². The maximum Gasteiger partial charge on any atom is 0.340 e. The standard InChI is InChI=1S/C18H20N2O2/c1-4-22-18(21)16-14-10-9-12-7-5-6-8-13(12)17(14)20(3)15(16)11-19-2/h5-10,19H,4,11H2,1-3H3. The van der Waals surface area contributed by atoms with E-state index in [0.29, 0.717) is 18.7 Å². The summed E-state index contributed by atoms with van der Waals surface area (Å²) in [6.45, 7) is 2.83. The highest BCUT2D eigenvalue weighted by molar-refractivity contribution is 6.14. The lowest BCUT2D eigenvalue weighted by molar-refractivity contribution is 0.0527. The van der Waals surface area contributed by atoms with Gasteiger partial charge in [0.25, 0.3) is 0 Å². The quantitative estimate of drug-likeness (QED) is 0.752. The molecule has 0 saturated carbocycles. The third-order valence-corrected chi connectivity index (χ3v) is 4.02. The monoisotopic (exact) mass is 296 g/mol. The minimum Gasteiger partial charge on any atom is -0.462 e. The van der Waals surface area contributed by atoms with Gasteiger partial charge in [-0.25, -0.2) is 4.79 Å². The molecule has 1 N–H and O–H groups in total. The summed E-state index contributed by atoms with van der Waals surface area (Å²) in [5.41, 5.74) is 2.69. The first kappa shape index (κ1) is 14.6. The number of nitrogens with one attached hydrogen (secondary N) is 1. The fourth-order valence-corrected chi connectivity index (χ4v) is 3.08. The Morgan fingerprint density at radius 1 is 1.18 bits per heavy atom. The number of carbonyl (C=O) groups excluding carboxylic acids is 1. The molecule has 0 saturated heterocycles. The van der Waals surface area contributed by atoms with E-state index >= 15 is 0 Å². The molecule has 0 bridgehead atoms. The van der Waals surface area contributed by atoms with Gasteiger partial charge in [0.2, 0.25) is 0 Å². The predicted octanol–water partition coefficient (Wildman–Crippen LogP) is 3.23. The predicted molar refractivity (Wildman–Crippen MR) is 89.1 cm³/mol. The molecule has 4 nitrogen and oxygen atoms in total. The molecule has 0 aliphatic heterocycles. The van der Waals surface area contributed by atoms with Crippen molar-refractivity contribution in [3.8, 4) is 0 Å². The van der Waals surface area contributed by atoms with Gasteiger partial charge in [-0.05, 0) is 19.4 Å². The highest BCUT2D eigenvalue weighted by Gasteiger charge is 2.22. The molecule has 0 aliphatic rings. The van der Waals surface area contributed by atoms with Crippen molar-refractivity contribution in [1.82, 2.24) is 9.88 Å². The molecule has 0 amide bonds. The van der Waals surface area contributed by atoms with Crippen molar-refractivity contribution in [3.63, 3.8) is 0 Å². The fraction of sp³-hybridized carbons (Fsp3) is 0.278. The third kappa shape index (κ3) is 2.16. The van der Waals surface area contributed by atoms with Crippen LogP contribution in [0.15, 0.2) is 36.4 Å². The van der Waals surface area contributed by atoms with E-state index in [-0.39, 0.29) is 5.97 Å². The summed E-state index contributed by atoms with van der Waals surface area (Å²) in [6.07, 6.45) is 0. The Bertz CT molecular complexity index is 849. The van der Waals surface area contributed by atoms with Gasteiger partial charge in [0.1, 0.15) is 0 Å². The highest BCUT2D eigenvalue weighted by Crippen LogP contribution is 2.32. The first-order valence-electron chi connectivity index (χ1n) is 7.49. The number of rotatable bonds is 4. The van der Waals surface area contributed by atoms with Crippen LogP contribution in [0.25, 0.3) is 21.7 Å². The number of aromatic nitrogens is 1. The molecule has 1 aromatic heterocycles. The minimum absolute atomic E-state index is 0.256. The number of ether oxygens (including phenoxy) is 1. The van der Waals surface area contributed by atoms with Crippen LogP contribution in [0.3, 0.4) is 0 Å². The van der Waals surface area contributed by atoms with E-state index < -0.39 is 0 Å². The van der Waals surface area contributed by atoms with Gasteiger partial charge in [-0.3, -0.25) is 0 Å². The van der Waals surface area contributed by atoms with Gasteiger partial charge < -0.3 is 14.6 Å². The van der Waals surface area contributed by atoms with Crippen molar-refractivity contribution in [1.29, 1.82) is 0 Å². The number of benzene rings is 2. The van der Waals surface area contributed by atoms with Crippen LogP contribution in [0.2, 0.25) is 0 Å². The van der Waals surface area contributed by atoms with Crippen LogP contribution in [-0.4, -0.2) is 24.2 Å². The van der Waals surface area contributed by atoms with Gasteiger partial charge in [-0.1, -0.05) is 36.4 Å². The Labute approximate surface area is 129 Å². The lowest BCUT2D eigenvalue weighted by Gasteiger charge is -2.07. The highest BCUT2D eigenvalue weighted by atomic mass is 16.5. The molecule has 1 heterocycles. The van der Waals surface area contributed by atoms with Crippen LogP contribution in [0.4, 0.5) is 0 Å². The van der Waals surface area contributed by atoms with E-state index in [1.54, 1.807) is 0 Å². The summed E-state index contributed by atoms with van der Waals surface area (Å²) in [7, 11) is 3.88. The molecular weight excluding hydrogens is 276 g/mol. The molecule has 22 heavy (non-hydrogen) atoms. The lowest BCUT2D eigenvalue weighted by atomic mass is 10.0. The maximum atomic E-state index is 12.4. The second-order valence-electron chi connectivity index (χ2n) is 5.31. The molecule has 2 aromatic carbocycles. The van der Waals surface area contributed by atoms with Crippen LogP contribution >= 0.6 is 0 Å². The van der Waals surface area contributed by atoms with Crippen LogP contribution < -0.4 is 5.32 Å². The van der Waals surface area contributed by atoms with E-state index in [1.807, 2.05) is 39.2 Å². The van der Waals surface area contributed by atoms with E-state index in [4.69, 9.17) is 4.74 Å². The zero-order chi connectivity index (χ0) is 15.7. The Balaban J connectivity index is 2.39. The zero-order valence-corrected chi connectivity index (χ0v) is 13.1. The molecule has 114 valence electrons. The van der Waals surface area contributed by atoms with Gasteiger partial charge in [0.15, 0.2) is 0 Å². The maximum absolute atomic E-state index is 12.4. The number of aryl methyl sites for hydroxylation is 1. The number of fused-ring (bicyclic) bond motifs is 3. The molecule has 0 spiro atoms. The van der Waals surface area contributed by atoms with Gasteiger partial charge in [-0.2, -0.15) is 0 Å². The Morgan fingerprint density at radius 2 is 1.95 bits per heavy atom. The Morgan fingerprint density at radius 3 is 2.68 bits per heavy atom. The third-order valence-electron chi connectivity index (χ3n) is 4.02. The smallest absolute Gasteiger partial charge is 0.340 e. The molecule has 4 heteroatoms. The average Bonchev–Trinajstić information content (AvgIpc) is 2.81. The summed E-state index contributed by atoms with van der Waals surface area (Å²) >= 11 is 0. The number of carbonyl (C=O) groups is 1. The van der Waals surface area contributed by atoms with Crippen LogP contribution in [0, 0.1) is 0 Å². The number of hydrogen-bond donors (Lipinski definition) is 1. The molecule has 0 radical (unpaired) electrons. The van der Waals surface area contributed by atoms with Crippen molar-refractivity contribution >= 4 is 27.6 Å². The van der Waals surface area contributed by atoms with Crippen molar-refractivity contribution in [2.75, 3.05) is 13.7 Å². The fourth-order valence-electron chi connectivity index (χ4n) is 3.08. The molecular formula is C18H20N2O2. The molecule has 0 atom stereocenters. The zero-order valence-electron chi connectivity index (χ0n) is 13.1. The van der Waals surface area contributed by atoms with Crippen molar-refractivity contribution < 1.29 is 9.53 Å². The number of nitrogens with zero attached hydrogens (tertiary/aromatic N) is 1. The summed E-state index contributed by atoms with van der Waals surface area (Å²) in [4.78, 5) is 12.4. The molecule has 3 aromatic rings. The number of esters is 1. The normalized spacial score (nSPS) is 11.2. The van der Waals surface area contributed by atoms with Gasteiger partial charge in [0, 0.05) is 30.1 Å². The molecule has 3 rings (SSSR count). The summed E-state index contributed by atoms with van der Waals surface area (Å²) in [5.74, 6) is -0.256. The van der Waals surface area contributed by atoms with E-state index in [9.17, 15) is 4.79 Å². The van der Waals surface area contributed by atoms with Crippen LogP contribution in [0.1, 0.15) is 23.0 Å². The molecule has 0 fully saturated rings. The van der Waals surface area contributed by atoms with Crippen LogP contribution in [-0.2, 0) is 18.3 Å². The summed E-state index contributed by atoms with van der Waals surface area (Å²) in [6, 6.07) is 12.3. The summed E-state index contributed by atoms with van der Waals surface area (Å²) < 4.78 is 7.37. The van der Waals surface area contributed by atoms with Crippen molar-refractivity contribution in [3.05, 3.63) is 47.7 Å². The Kier molecular flexibility index (Phi) is 3.86. The van der Waals surface area contributed by atoms with Gasteiger partial charge in [-0.15, -0.1) is 0 Å². The van der Waals surface area contributed by atoms with Crippen LogP contribution in [0.5, 0.6) is 0 Å². The largest absolute Gasteiger partial charge is 0.462 e. The van der Waals surface area contributed by atoms with Crippen molar-refractivity contribution in [2.45, 2.75) is 13.5 Å². The second-order valence-corrected chi connectivity index (χ2v) is 5.31. The number of hydrogen-bond acceptors (Lipinski definition) is 3. The first-order valence-corrected chi connectivity index (χ1v) is 7.49. The lowest BCUT2D eigenvalue weighted by Crippen LogP contribution is -2.14.